The molecule has 1 aromatic rings. The van der Waals surface area contributed by atoms with Gasteiger partial charge in [0, 0.05) is 20.8 Å². The summed E-state index contributed by atoms with van der Waals surface area (Å²) in [5, 5.41) is 11.2. The molecule has 8 heteroatoms. The molecule has 122 valence electrons. The number of benzene rings is 1. The number of carbonyl (C=O) groups excluding carboxylic acids is 3. The summed E-state index contributed by atoms with van der Waals surface area (Å²) in [7, 11) is 0. The number of hydrazone groups is 1. The predicted molar refractivity (Wildman–Crippen MR) is 88.2 cm³/mol. The standard InChI is InChI=1S/C15H18N4O3S/c1-10(20)16-9-15(13-7-5-4-6-8-13)19(12(3)22)18-14(23-15)17-11(2)21/h4-8H,9H2,1-3H3,(H,16,20)(H,17,18,21)/t15-/m1/s1. The molecule has 0 fully saturated rings. The van der Waals surface area contributed by atoms with Crippen molar-refractivity contribution >= 4 is 34.7 Å². The number of nitrogens with one attached hydrogen (secondary N) is 2. The Labute approximate surface area is 138 Å². The molecular weight excluding hydrogens is 316 g/mol. The topological polar surface area (TPSA) is 90.9 Å². The molecule has 0 radical (unpaired) electrons. The van der Waals surface area contributed by atoms with Crippen molar-refractivity contribution in [2.45, 2.75) is 25.6 Å². The zero-order chi connectivity index (χ0) is 17.0. The summed E-state index contributed by atoms with van der Waals surface area (Å²) in [5.74, 6) is -0.771. The highest BCUT2D eigenvalue weighted by Gasteiger charge is 2.48. The van der Waals surface area contributed by atoms with E-state index in [0.29, 0.717) is 5.17 Å². The van der Waals surface area contributed by atoms with Gasteiger partial charge in [-0.2, -0.15) is 0 Å². The van der Waals surface area contributed by atoms with Crippen LogP contribution in [0.25, 0.3) is 0 Å². The Morgan fingerprint density at radius 2 is 1.78 bits per heavy atom. The first-order chi connectivity index (χ1) is 10.8. The van der Waals surface area contributed by atoms with Crippen molar-refractivity contribution in [3.8, 4) is 0 Å². The highest BCUT2D eigenvalue weighted by Crippen LogP contribution is 2.44. The minimum atomic E-state index is -0.934. The maximum absolute atomic E-state index is 12.1. The average Bonchev–Trinajstić information content (AvgIpc) is 2.85. The van der Waals surface area contributed by atoms with E-state index < -0.39 is 4.87 Å². The molecule has 3 amide bonds. The van der Waals surface area contributed by atoms with E-state index in [1.54, 1.807) is 0 Å². The SMILES string of the molecule is CC(=O)NC[C@]1(c2ccccc2)SC(NC(C)=O)=NN1C(C)=O. The summed E-state index contributed by atoms with van der Waals surface area (Å²) < 4.78 is 0. The lowest BCUT2D eigenvalue weighted by atomic mass is 10.1. The Morgan fingerprint density at radius 1 is 1.13 bits per heavy atom. The second-order valence-corrected chi connectivity index (χ2v) is 6.35. The molecule has 1 aliphatic heterocycles. The van der Waals surface area contributed by atoms with Crippen LogP contribution in [0.2, 0.25) is 0 Å². The number of carbonyl (C=O) groups is 3. The maximum Gasteiger partial charge on any atom is 0.241 e. The molecule has 23 heavy (non-hydrogen) atoms. The van der Waals surface area contributed by atoms with E-state index in [1.165, 1.54) is 37.5 Å². The van der Waals surface area contributed by atoms with Crippen molar-refractivity contribution < 1.29 is 14.4 Å². The predicted octanol–water partition coefficient (Wildman–Crippen LogP) is 0.978. The Bertz CT molecular complexity index is 662. The van der Waals surface area contributed by atoms with Gasteiger partial charge in [0.25, 0.3) is 0 Å². The van der Waals surface area contributed by atoms with Crippen LogP contribution in [-0.2, 0) is 19.3 Å². The zero-order valence-electron chi connectivity index (χ0n) is 13.1. The van der Waals surface area contributed by atoms with Gasteiger partial charge in [0.2, 0.25) is 17.7 Å². The summed E-state index contributed by atoms with van der Waals surface area (Å²) in [6.07, 6.45) is 0. The molecule has 0 unspecified atom stereocenters. The van der Waals surface area contributed by atoms with Gasteiger partial charge in [0.1, 0.15) is 0 Å². The van der Waals surface area contributed by atoms with Crippen LogP contribution in [0.3, 0.4) is 0 Å². The number of hydrogen-bond donors (Lipinski definition) is 2. The van der Waals surface area contributed by atoms with Gasteiger partial charge in [-0.25, -0.2) is 5.01 Å². The van der Waals surface area contributed by atoms with E-state index in [4.69, 9.17) is 0 Å². The van der Waals surface area contributed by atoms with Gasteiger partial charge in [-0.3, -0.25) is 14.4 Å². The van der Waals surface area contributed by atoms with E-state index in [0.717, 1.165) is 5.56 Å². The van der Waals surface area contributed by atoms with Gasteiger partial charge in [-0.1, -0.05) is 30.3 Å². The van der Waals surface area contributed by atoms with Crippen LogP contribution in [0.1, 0.15) is 26.3 Å². The minimum absolute atomic E-state index is 0.170. The Balaban J connectivity index is 2.45. The molecule has 0 saturated carbocycles. The molecule has 7 nitrogen and oxygen atoms in total. The number of amidine groups is 1. The van der Waals surface area contributed by atoms with Gasteiger partial charge < -0.3 is 10.6 Å². The summed E-state index contributed by atoms with van der Waals surface area (Å²) in [5.41, 5.74) is 0.804. The van der Waals surface area contributed by atoms with Crippen molar-refractivity contribution in [2.75, 3.05) is 6.54 Å². The van der Waals surface area contributed by atoms with Gasteiger partial charge in [0.05, 0.1) is 6.54 Å². The molecule has 1 aromatic carbocycles. The van der Waals surface area contributed by atoms with Gasteiger partial charge in [-0.15, -0.1) is 5.10 Å². The third-order valence-corrected chi connectivity index (χ3v) is 4.45. The Morgan fingerprint density at radius 3 is 2.30 bits per heavy atom. The fourth-order valence-corrected chi connectivity index (χ4v) is 3.55. The molecule has 0 aromatic heterocycles. The van der Waals surface area contributed by atoms with Crippen molar-refractivity contribution in [2.24, 2.45) is 5.10 Å². The van der Waals surface area contributed by atoms with E-state index in [-0.39, 0.29) is 24.3 Å². The highest BCUT2D eigenvalue weighted by atomic mass is 32.2. The average molecular weight is 334 g/mol. The fourth-order valence-electron chi connectivity index (χ4n) is 2.26. The van der Waals surface area contributed by atoms with Crippen LogP contribution in [0.15, 0.2) is 35.4 Å². The number of thioether (sulfide) groups is 1. The zero-order valence-corrected chi connectivity index (χ0v) is 13.9. The Hall–Kier alpha value is -2.35. The minimum Gasteiger partial charge on any atom is -0.353 e. The van der Waals surface area contributed by atoms with Crippen molar-refractivity contribution in [3.05, 3.63) is 35.9 Å². The van der Waals surface area contributed by atoms with Crippen molar-refractivity contribution in [1.29, 1.82) is 0 Å². The van der Waals surface area contributed by atoms with E-state index in [1.807, 2.05) is 30.3 Å². The summed E-state index contributed by atoms with van der Waals surface area (Å²) in [4.78, 5) is 33.8. The van der Waals surface area contributed by atoms with Crippen LogP contribution in [0.4, 0.5) is 0 Å². The fraction of sp³-hybridized carbons (Fsp3) is 0.333. The largest absolute Gasteiger partial charge is 0.353 e. The molecular formula is C15H18N4O3S. The molecule has 0 aliphatic carbocycles. The molecule has 1 aliphatic rings. The first kappa shape index (κ1) is 17.0. The molecule has 1 heterocycles. The Kier molecular flexibility index (Phi) is 5.05. The second kappa shape index (κ2) is 6.82. The van der Waals surface area contributed by atoms with Crippen molar-refractivity contribution in [3.63, 3.8) is 0 Å². The van der Waals surface area contributed by atoms with E-state index in [9.17, 15) is 14.4 Å². The van der Waals surface area contributed by atoms with E-state index >= 15 is 0 Å². The number of amides is 3. The smallest absolute Gasteiger partial charge is 0.241 e. The number of hydrogen-bond acceptors (Lipinski definition) is 5. The van der Waals surface area contributed by atoms with Gasteiger partial charge in [0.15, 0.2) is 10.0 Å². The monoisotopic (exact) mass is 334 g/mol. The molecule has 0 spiro atoms. The lowest BCUT2D eigenvalue weighted by Crippen LogP contribution is -2.48. The van der Waals surface area contributed by atoms with Crippen LogP contribution in [-0.4, -0.2) is 34.4 Å². The van der Waals surface area contributed by atoms with Crippen LogP contribution in [0.5, 0.6) is 0 Å². The first-order valence-electron chi connectivity index (χ1n) is 7.01. The molecule has 2 rings (SSSR count). The highest BCUT2D eigenvalue weighted by molar-refractivity contribution is 8.14. The lowest BCUT2D eigenvalue weighted by Gasteiger charge is -2.35. The molecule has 0 bridgehead atoms. The summed E-state index contributed by atoms with van der Waals surface area (Å²) in [6, 6.07) is 9.27. The van der Waals surface area contributed by atoms with Crippen molar-refractivity contribution in [1.82, 2.24) is 15.6 Å². The second-order valence-electron chi connectivity index (χ2n) is 5.08. The first-order valence-corrected chi connectivity index (χ1v) is 7.83. The number of nitrogens with zero attached hydrogens (tertiary/aromatic N) is 2. The third-order valence-electron chi connectivity index (χ3n) is 3.18. The van der Waals surface area contributed by atoms with Gasteiger partial charge in [-0.05, 0) is 17.3 Å². The van der Waals surface area contributed by atoms with Crippen LogP contribution >= 0.6 is 11.8 Å². The number of rotatable bonds is 3. The molecule has 1 atom stereocenters. The normalized spacial score (nSPS) is 20.0. The van der Waals surface area contributed by atoms with Crippen LogP contribution in [0, 0.1) is 0 Å². The summed E-state index contributed by atoms with van der Waals surface area (Å²) in [6.45, 7) is 4.35. The van der Waals surface area contributed by atoms with E-state index in [2.05, 4.69) is 15.7 Å². The molecule has 2 N–H and O–H groups in total. The van der Waals surface area contributed by atoms with Gasteiger partial charge >= 0.3 is 0 Å². The maximum atomic E-state index is 12.1. The third kappa shape index (κ3) is 3.70. The summed E-state index contributed by atoms with van der Waals surface area (Å²) >= 11 is 1.23. The lowest BCUT2D eigenvalue weighted by molar-refractivity contribution is -0.133. The molecule has 0 saturated heterocycles. The van der Waals surface area contributed by atoms with Crippen LogP contribution < -0.4 is 10.6 Å². The quantitative estimate of drug-likeness (QED) is 0.862.